The quantitative estimate of drug-likeness (QED) is 0.291. The van der Waals surface area contributed by atoms with E-state index < -0.39 is 24.1 Å². The van der Waals surface area contributed by atoms with Gasteiger partial charge in [-0.15, -0.1) is 0 Å². The van der Waals surface area contributed by atoms with Crippen LogP contribution in [0.2, 0.25) is 0 Å². The SMILES string of the molecule is O[C@@H]1[C@H](O)CO[C@@](O)(CNCCc2c[nH]c3ccc(OCc4ccccc4)cc23)[C@H]1O. The van der Waals surface area contributed by atoms with E-state index in [2.05, 4.69) is 10.3 Å². The second-order valence-electron chi connectivity index (χ2n) is 7.88. The standard InChI is InChI=1S/C23H28N2O6/c26-20-13-31-23(29,22(28)21(20)27)14-24-9-8-16-11-25-19-7-6-17(10-18(16)19)30-12-15-4-2-1-3-5-15/h1-7,10-11,20-22,24-29H,8-9,12-14H2/t20-,21-,22+,23+/m1/s1. The summed E-state index contributed by atoms with van der Waals surface area (Å²) in [4.78, 5) is 3.25. The summed E-state index contributed by atoms with van der Waals surface area (Å²) >= 11 is 0. The van der Waals surface area contributed by atoms with Gasteiger partial charge in [0.1, 0.15) is 30.7 Å². The van der Waals surface area contributed by atoms with Gasteiger partial charge >= 0.3 is 0 Å². The van der Waals surface area contributed by atoms with Crippen LogP contribution < -0.4 is 10.1 Å². The van der Waals surface area contributed by atoms with Gasteiger partial charge in [0, 0.05) is 17.1 Å². The normalized spacial score (nSPS) is 26.3. The Kier molecular flexibility index (Phi) is 6.57. The molecule has 1 aliphatic rings. The van der Waals surface area contributed by atoms with Crippen LogP contribution in [-0.4, -0.2) is 69.2 Å². The summed E-state index contributed by atoms with van der Waals surface area (Å²) in [6, 6.07) is 15.9. The molecule has 0 amide bonds. The molecular formula is C23H28N2O6. The third-order valence-corrected chi connectivity index (χ3v) is 5.62. The first-order valence-electron chi connectivity index (χ1n) is 10.3. The highest BCUT2D eigenvalue weighted by molar-refractivity contribution is 5.84. The van der Waals surface area contributed by atoms with Gasteiger partial charge in [-0.05, 0) is 42.3 Å². The molecule has 166 valence electrons. The Morgan fingerprint density at radius 1 is 1.13 bits per heavy atom. The molecule has 0 radical (unpaired) electrons. The maximum Gasteiger partial charge on any atom is 0.207 e. The smallest absolute Gasteiger partial charge is 0.207 e. The number of aromatic amines is 1. The Bertz CT molecular complexity index is 994. The van der Waals surface area contributed by atoms with E-state index in [0.717, 1.165) is 27.8 Å². The molecule has 6 N–H and O–H groups in total. The highest BCUT2D eigenvalue weighted by atomic mass is 16.6. The highest BCUT2D eigenvalue weighted by Crippen LogP contribution is 2.25. The number of rotatable bonds is 8. The molecule has 3 aromatic rings. The number of aliphatic hydroxyl groups is 4. The summed E-state index contributed by atoms with van der Waals surface area (Å²) in [7, 11) is 0. The monoisotopic (exact) mass is 428 g/mol. The number of ether oxygens (including phenoxy) is 2. The molecule has 31 heavy (non-hydrogen) atoms. The Morgan fingerprint density at radius 3 is 2.74 bits per heavy atom. The number of hydrogen-bond acceptors (Lipinski definition) is 7. The molecule has 2 aromatic carbocycles. The zero-order valence-electron chi connectivity index (χ0n) is 17.1. The lowest BCUT2D eigenvalue weighted by Crippen LogP contribution is -2.64. The van der Waals surface area contributed by atoms with Crippen LogP contribution in [0.15, 0.2) is 54.7 Å². The van der Waals surface area contributed by atoms with Crippen molar-refractivity contribution < 1.29 is 29.9 Å². The average molecular weight is 428 g/mol. The fourth-order valence-electron chi connectivity index (χ4n) is 3.73. The minimum atomic E-state index is -1.95. The van der Waals surface area contributed by atoms with Crippen molar-refractivity contribution in [2.45, 2.75) is 37.1 Å². The van der Waals surface area contributed by atoms with Crippen LogP contribution in [0, 0.1) is 0 Å². The van der Waals surface area contributed by atoms with Crippen molar-refractivity contribution in [3.05, 3.63) is 65.9 Å². The van der Waals surface area contributed by atoms with Gasteiger partial charge < -0.3 is 40.2 Å². The summed E-state index contributed by atoms with van der Waals surface area (Å²) in [6.07, 6.45) is -1.67. The molecule has 4 rings (SSSR count). The summed E-state index contributed by atoms with van der Waals surface area (Å²) in [5.41, 5.74) is 3.19. The topological polar surface area (TPSA) is 127 Å². The van der Waals surface area contributed by atoms with Crippen LogP contribution >= 0.6 is 0 Å². The van der Waals surface area contributed by atoms with Crippen LogP contribution in [-0.2, 0) is 17.8 Å². The minimum Gasteiger partial charge on any atom is -0.489 e. The van der Waals surface area contributed by atoms with Crippen LogP contribution in [0.1, 0.15) is 11.1 Å². The molecule has 1 saturated heterocycles. The first-order chi connectivity index (χ1) is 15.0. The molecule has 0 bridgehead atoms. The molecule has 0 unspecified atom stereocenters. The molecule has 2 heterocycles. The Morgan fingerprint density at radius 2 is 1.94 bits per heavy atom. The average Bonchev–Trinajstić information content (AvgIpc) is 3.20. The van der Waals surface area contributed by atoms with Gasteiger partial charge in [-0.1, -0.05) is 30.3 Å². The lowest BCUT2D eigenvalue weighted by Gasteiger charge is -2.41. The molecule has 8 heteroatoms. The summed E-state index contributed by atoms with van der Waals surface area (Å²) in [5, 5.41) is 43.8. The van der Waals surface area contributed by atoms with Crippen LogP contribution in [0.4, 0.5) is 0 Å². The van der Waals surface area contributed by atoms with Crippen LogP contribution in [0.3, 0.4) is 0 Å². The number of fused-ring (bicyclic) bond motifs is 1. The van der Waals surface area contributed by atoms with Crippen molar-refractivity contribution in [3.63, 3.8) is 0 Å². The minimum absolute atomic E-state index is 0.0776. The third-order valence-electron chi connectivity index (χ3n) is 5.62. The van der Waals surface area contributed by atoms with Crippen LogP contribution in [0.5, 0.6) is 5.75 Å². The van der Waals surface area contributed by atoms with Crippen molar-refractivity contribution >= 4 is 10.9 Å². The highest BCUT2D eigenvalue weighted by Gasteiger charge is 2.48. The Hall–Kier alpha value is -2.46. The molecule has 0 aliphatic carbocycles. The molecule has 8 nitrogen and oxygen atoms in total. The van der Waals surface area contributed by atoms with Gasteiger partial charge in [-0.3, -0.25) is 0 Å². The predicted octanol–water partition coefficient (Wildman–Crippen LogP) is 0.680. The van der Waals surface area contributed by atoms with Crippen molar-refractivity contribution in [3.8, 4) is 5.75 Å². The fourth-order valence-corrected chi connectivity index (χ4v) is 3.73. The third kappa shape index (κ3) is 4.90. The van der Waals surface area contributed by atoms with E-state index in [0.29, 0.717) is 19.6 Å². The van der Waals surface area contributed by atoms with Crippen molar-refractivity contribution in [2.75, 3.05) is 19.7 Å². The zero-order valence-corrected chi connectivity index (χ0v) is 17.1. The van der Waals surface area contributed by atoms with Gasteiger partial charge in [0.25, 0.3) is 0 Å². The van der Waals surface area contributed by atoms with E-state index in [1.807, 2.05) is 54.7 Å². The predicted molar refractivity (Wildman–Crippen MR) is 115 cm³/mol. The Balaban J connectivity index is 1.33. The first-order valence-corrected chi connectivity index (χ1v) is 10.3. The number of aliphatic hydroxyl groups excluding tert-OH is 3. The number of aromatic nitrogens is 1. The number of H-pyrrole nitrogens is 1. The van der Waals surface area contributed by atoms with E-state index in [-0.39, 0.29) is 13.2 Å². The van der Waals surface area contributed by atoms with Crippen molar-refractivity contribution in [1.29, 1.82) is 0 Å². The fraction of sp³-hybridized carbons (Fsp3) is 0.391. The second-order valence-corrected chi connectivity index (χ2v) is 7.88. The van der Waals surface area contributed by atoms with E-state index in [1.54, 1.807) is 0 Å². The molecular weight excluding hydrogens is 400 g/mol. The summed E-state index contributed by atoms with van der Waals surface area (Å²) in [6.45, 7) is 0.685. The maximum atomic E-state index is 10.4. The number of hydrogen-bond donors (Lipinski definition) is 6. The summed E-state index contributed by atoms with van der Waals surface area (Å²) in [5.74, 6) is -1.16. The molecule has 0 spiro atoms. The molecule has 1 aliphatic heterocycles. The molecule has 1 fully saturated rings. The van der Waals surface area contributed by atoms with E-state index in [4.69, 9.17) is 9.47 Å². The van der Waals surface area contributed by atoms with Gasteiger partial charge in [0.2, 0.25) is 5.79 Å². The lowest BCUT2D eigenvalue weighted by molar-refractivity contribution is -0.317. The molecule has 1 aromatic heterocycles. The molecule has 4 atom stereocenters. The Labute approximate surface area is 180 Å². The lowest BCUT2D eigenvalue weighted by atomic mass is 9.97. The van der Waals surface area contributed by atoms with Gasteiger partial charge in [-0.25, -0.2) is 0 Å². The van der Waals surface area contributed by atoms with Gasteiger partial charge in [0.15, 0.2) is 0 Å². The van der Waals surface area contributed by atoms with Crippen molar-refractivity contribution in [2.24, 2.45) is 0 Å². The first kappa shape index (κ1) is 21.8. The zero-order chi connectivity index (χ0) is 21.8. The maximum absolute atomic E-state index is 10.4. The van der Waals surface area contributed by atoms with E-state index in [1.165, 1.54) is 0 Å². The number of nitrogens with one attached hydrogen (secondary N) is 2. The van der Waals surface area contributed by atoms with Gasteiger partial charge in [0.05, 0.1) is 13.2 Å². The van der Waals surface area contributed by atoms with E-state index >= 15 is 0 Å². The largest absolute Gasteiger partial charge is 0.489 e. The molecule has 0 saturated carbocycles. The number of benzene rings is 2. The van der Waals surface area contributed by atoms with Crippen molar-refractivity contribution in [1.82, 2.24) is 10.3 Å². The van der Waals surface area contributed by atoms with E-state index in [9.17, 15) is 20.4 Å². The van der Waals surface area contributed by atoms with Gasteiger partial charge in [-0.2, -0.15) is 0 Å². The summed E-state index contributed by atoms with van der Waals surface area (Å²) < 4.78 is 11.1. The van der Waals surface area contributed by atoms with Crippen LogP contribution in [0.25, 0.3) is 10.9 Å². The second kappa shape index (κ2) is 9.35.